The lowest BCUT2D eigenvalue weighted by Gasteiger charge is -2.06. The molecular weight excluding hydrogens is 274 g/mol. The van der Waals surface area contributed by atoms with Crippen molar-refractivity contribution in [2.24, 2.45) is 5.73 Å². The molecule has 22 heavy (non-hydrogen) atoms. The fourth-order valence-corrected chi connectivity index (χ4v) is 2.21. The van der Waals surface area contributed by atoms with Crippen molar-refractivity contribution in [2.75, 3.05) is 6.54 Å². The average Bonchev–Trinajstić information content (AvgIpc) is 3.03. The van der Waals surface area contributed by atoms with Crippen LogP contribution in [0.15, 0.2) is 66.9 Å². The molecule has 0 aliphatic heterocycles. The highest BCUT2D eigenvalue weighted by Crippen LogP contribution is 2.24. The van der Waals surface area contributed by atoms with Crippen LogP contribution < -0.4 is 10.5 Å². The lowest BCUT2D eigenvalue weighted by Crippen LogP contribution is -2.06. The minimum atomic E-state index is 0.681. The van der Waals surface area contributed by atoms with E-state index in [1.54, 1.807) is 0 Å². The van der Waals surface area contributed by atoms with Gasteiger partial charge in [-0.1, -0.05) is 18.2 Å². The Balaban J connectivity index is 1.70. The largest absolute Gasteiger partial charge is 0.457 e. The highest BCUT2D eigenvalue weighted by atomic mass is 16.5. The molecule has 112 valence electrons. The van der Waals surface area contributed by atoms with Gasteiger partial charge in [-0.3, -0.25) is 4.68 Å². The van der Waals surface area contributed by atoms with Crippen LogP contribution in [0.1, 0.15) is 6.42 Å². The summed E-state index contributed by atoms with van der Waals surface area (Å²) in [5.74, 6) is 1.65. The van der Waals surface area contributed by atoms with Gasteiger partial charge < -0.3 is 10.5 Å². The van der Waals surface area contributed by atoms with Crippen molar-refractivity contribution in [1.29, 1.82) is 0 Å². The third-order valence-corrected chi connectivity index (χ3v) is 3.36. The number of aromatic nitrogens is 2. The number of nitrogens with zero attached hydrogens (tertiary/aromatic N) is 2. The fourth-order valence-electron chi connectivity index (χ4n) is 2.21. The summed E-state index contributed by atoms with van der Waals surface area (Å²) in [4.78, 5) is 0. The van der Waals surface area contributed by atoms with Gasteiger partial charge >= 0.3 is 0 Å². The van der Waals surface area contributed by atoms with Gasteiger partial charge in [-0.15, -0.1) is 0 Å². The quantitative estimate of drug-likeness (QED) is 0.754. The van der Waals surface area contributed by atoms with E-state index in [1.807, 2.05) is 71.5 Å². The van der Waals surface area contributed by atoms with Gasteiger partial charge in [-0.2, -0.15) is 5.10 Å². The summed E-state index contributed by atoms with van der Waals surface area (Å²) in [6.45, 7) is 1.53. The van der Waals surface area contributed by atoms with E-state index in [2.05, 4.69) is 5.10 Å². The summed E-state index contributed by atoms with van der Waals surface area (Å²) in [7, 11) is 0. The lowest BCUT2D eigenvalue weighted by molar-refractivity contribution is 0.483. The summed E-state index contributed by atoms with van der Waals surface area (Å²) in [6, 6.07) is 19.7. The number of nitrogens with two attached hydrogens (primary N) is 1. The first-order valence-electron chi connectivity index (χ1n) is 7.42. The molecule has 0 aliphatic rings. The summed E-state index contributed by atoms with van der Waals surface area (Å²) >= 11 is 0. The van der Waals surface area contributed by atoms with Crippen molar-refractivity contribution in [3.63, 3.8) is 0 Å². The first-order valence-corrected chi connectivity index (χ1v) is 7.42. The van der Waals surface area contributed by atoms with Gasteiger partial charge in [0.1, 0.15) is 11.5 Å². The molecule has 3 aromatic rings. The Kier molecular flexibility index (Phi) is 4.51. The summed E-state index contributed by atoms with van der Waals surface area (Å²) in [5, 5.41) is 4.55. The first kappa shape index (κ1) is 14.4. The van der Waals surface area contributed by atoms with Crippen LogP contribution in [0, 0.1) is 0 Å². The zero-order valence-corrected chi connectivity index (χ0v) is 12.4. The van der Waals surface area contributed by atoms with Crippen LogP contribution in [-0.2, 0) is 6.54 Å². The van der Waals surface area contributed by atoms with Crippen LogP contribution in [0.3, 0.4) is 0 Å². The van der Waals surface area contributed by atoms with Crippen LogP contribution >= 0.6 is 0 Å². The fraction of sp³-hybridized carbons (Fsp3) is 0.167. The monoisotopic (exact) mass is 293 g/mol. The van der Waals surface area contributed by atoms with Crippen molar-refractivity contribution < 1.29 is 4.74 Å². The minimum absolute atomic E-state index is 0.681. The molecule has 2 aromatic carbocycles. The van der Waals surface area contributed by atoms with E-state index in [0.29, 0.717) is 6.54 Å². The van der Waals surface area contributed by atoms with Crippen molar-refractivity contribution in [1.82, 2.24) is 9.78 Å². The Bertz CT molecular complexity index is 705. The first-order chi connectivity index (χ1) is 10.8. The van der Waals surface area contributed by atoms with Crippen molar-refractivity contribution >= 4 is 0 Å². The van der Waals surface area contributed by atoms with Crippen LogP contribution in [0.2, 0.25) is 0 Å². The van der Waals surface area contributed by atoms with Gasteiger partial charge in [0, 0.05) is 18.3 Å². The second-order valence-electron chi connectivity index (χ2n) is 5.05. The van der Waals surface area contributed by atoms with E-state index in [4.69, 9.17) is 10.5 Å². The van der Waals surface area contributed by atoms with E-state index in [-0.39, 0.29) is 0 Å². The van der Waals surface area contributed by atoms with Crippen molar-refractivity contribution in [3.8, 4) is 22.8 Å². The van der Waals surface area contributed by atoms with Gasteiger partial charge in [-0.25, -0.2) is 0 Å². The molecule has 0 unspecified atom stereocenters. The van der Waals surface area contributed by atoms with Crippen molar-refractivity contribution in [2.45, 2.75) is 13.0 Å². The number of ether oxygens (including phenoxy) is 1. The SMILES string of the molecule is NCCCn1ccc(-c2ccc(Oc3ccccc3)cc2)n1. The second-order valence-corrected chi connectivity index (χ2v) is 5.05. The number of para-hydroxylation sites is 1. The topological polar surface area (TPSA) is 53.1 Å². The third-order valence-electron chi connectivity index (χ3n) is 3.36. The minimum Gasteiger partial charge on any atom is -0.457 e. The van der Waals surface area contributed by atoms with E-state index >= 15 is 0 Å². The number of benzene rings is 2. The molecule has 2 N–H and O–H groups in total. The van der Waals surface area contributed by atoms with Gasteiger partial charge in [0.05, 0.1) is 5.69 Å². The molecule has 4 heteroatoms. The normalized spacial score (nSPS) is 10.6. The molecular formula is C18H19N3O. The summed E-state index contributed by atoms with van der Waals surface area (Å²) < 4.78 is 7.72. The zero-order chi connectivity index (χ0) is 15.2. The Hall–Kier alpha value is -2.59. The number of hydrogen-bond donors (Lipinski definition) is 1. The summed E-state index contributed by atoms with van der Waals surface area (Å²) in [6.07, 6.45) is 2.92. The summed E-state index contributed by atoms with van der Waals surface area (Å²) in [5.41, 5.74) is 7.56. The molecule has 0 amide bonds. The van der Waals surface area contributed by atoms with E-state index < -0.39 is 0 Å². The number of rotatable bonds is 6. The van der Waals surface area contributed by atoms with Gasteiger partial charge in [0.2, 0.25) is 0 Å². The highest BCUT2D eigenvalue weighted by molar-refractivity contribution is 5.59. The molecule has 1 heterocycles. The average molecular weight is 293 g/mol. The Morgan fingerprint density at radius 3 is 2.36 bits per heavy atom. The van der Waals surface area contributed by atoms with Crippen LogP contribution in [0.5, 0.6) is 11.5 Å². The number of aryl methyl sites for hydroxylation is 1. The van der Waals surface area contributed by atoms with Crippen molar-refractivity contribution in [3.05, 3.63) is 66.9 Å². The molecule has 0 aliphatic carbocycles. The number of hydrogen-bond acceptors (Lipinski definition) is 3. The van der Waals surface area contributed by atoms with Crippen LogP contribution in [0.4, 0.5) is 0 Å². The maximum atomic E-state index is 5.79. The Morgan fingerprint density at radius 2 is 1.64 bits per heavy atom. The molecule has 4 nitrogen and oxygen atoms in total. The standard InChI is InChI=1S/C18H19N3O/c19-12-4-13-21-14-11-18(20-21)15-7-9-17(10-8-15)22-16-5-2-1-3-6-16/h1-3,5-11,14H,4,12-13,19H2. The van der Waals surface area contributed by atoms with Crippen LogP contribution in [0.25, 0.3) is 11.3 Å². The predicted molar refractivity (Wildman–Crippen MR) is 87.9 cm³/mol. The van der Waals surface area contributed by atoms with E-state index in [9.17, 15) is 0 Å². The smallest absolute Gasteiger partial charge is 0.127 e. The third kappa shape index (κ3) is 3.54. The molecule has 0 saturated heterocycles. The maximum Gasteiger partial charge on any atom is 0.127 e. The predicted octanol–water partition coefficient (Wildman–Crippen LogP) is 3.69. The molecule has 0 saturated carbocycles. The Morgan fingerprint density at radius 1 is 0.909 bits per heavy atom. The zero-order valence-electron chi connectivity index (χ0n) is 12.4. The van der Waals surface area contributed by atoms with E-state index in [1.165, 1.54) is 0 Å². The maximum absolute atomic E-state index is 5.79. The van der Waals surface area contributed by atoms with E-state index in [0.717, 1.165) is 35.7 Å². The molecule has 0 radical (unpaired) electrons. The highest BCUT2D eigenvalue weighted by Gasteiger charge is 2.03. The molecule has 1 aromatic heterocycles. The second kappa shape index (κ2) is 6.91. The lowest BCUT2D eigenvalue weighted by atomic mass is 10.1. The van der Waals surface area contributed by atoms with Gasteiger partial charge in [-0.05, 0) is 55.4 Å². The van der Waals surface area contributed by atoms with Crippen LogP contribution in [-0.4, -0.2) is 16.3 Å². The van der Waals surface area contributed by atoms with Gasteiger partial charge in [0.25, 0.3) is 0 Å². The molecule has 0 bridgehead atoms. The molecule has 0 fully saturated rings. The molecule has 0 atom stereocenters. The van der Waals surface area contributed by atoms with Gasteiger partial charge in [0.15, 0.2) is 0 Å². The Labute approximate surface area is 130 Å². The molecule has 0 spiro atoms. The molecule has 3 rings (SSSR count).